The van der Waals surface area contributed by atoms with Gasteiger partial charge < -0.3 is 15.4 Å². The van der Waals surface area contributed by atoms with Gasteiger partial charge in [-0.1, -0.05) is 41.6 Å². The fourth-order valence-corrected chi connectivity index (χ4v) is 4.10. The first-order chi connectivity index (χ1) is 17.9. The van der Waals surface area contributed by atoms with E-state index < -0.39 is 5.97 Å². The molecule has 0 fully saturated rings. The fourth-order valence-electron chi connectivity index (χ4n) is 3.45. The smallest absolute Gasteiger partial charge is 0.340 e. The van der Waals surface area contributed by atoms with Crippen molar-refractivity contribution in [1.29, 1.82) is 0 Å². The van der Waals surface area contributed by atoms with Crippen LogP contribution in [0.1, 0.15) is 39.0 Å². The lowest BCUT2D eigenvalue weighted by Gasteiger charge is -2.10. The van der Waals surface area contributed by atoms with E-state index in [-0.39, 0.29) is 24.2 Å². The zero-order chi connectivity index (χ0) is 26.2. The molecular weight excluding hydrogens is 492 g/mol. The van der Waals surface area contributed by atoms with Gasteiger partial charge in [0.1, 0.15) is 5.03 Å². The van der Waals surface area contributed by atoms with Crippen LogP contribution in [0.25, 0.3) is 5.65 Å². The second-order valence-corrected chi connectivity index (χ2v) is 9.03. The van der Waals surface area contributed by atoms with E-state index in [4.69, 9.17) is 4.74 Å². The molecule has 2 aromatic heterocycles. The van der Waals surface area contributed by atoms with Crippen molar-refractivity contribution in [2.45, 2.75) is 25.3 Å². The Hall–Kier alpha value is -4.25. The predicted molar refractivity (Wildman–Crippen MR) is 140 cm³/mol. The van der Waals surface area contributed by atoms with E-state index in [0.29, 0.717) is 46.3 Å². The zero-order valence-electron chi connectivity index (χ0n) is 20.4. The predicted octanol–water partition coefficient (Wildman–Crippen LogP) is 3.31. The number of rotatable bonds is 10. The number of nitrogens with one attached hydrogen (secondary N) is 2. The van der Waals surface area contributed by atoms with Crippen LogP contribution in [0.4, 0.5) is 5.69 Å². The molecule has 2 amide bonds. The Morgan fingerprint density at radius 3 is 2.57 bits per heavy atom. The van der Waals surface area contributed by atoms with Crippen molar-refractivity contribution in [3.05, 3.63) is 83.2 Å². The summed E-state index contributed by atoms with van der Waals surface area (Å²) in [5.41, 5.74) is 2.94. The van der Waals surface area contributed by atoms with Crippen LogP contribution in [0.15, 0.2) is 65.7 Å². The number of carbonyl (C=O) groups excluding carboxylic acids is 3. The summed E-state index contributed by atoms with van der Waals surface area (Å²) in [7, 11) is 0. The third kappa shape index (κ3) is 6.70. The number of thioether (sulfide) groups is 1. The summed E-state index contributed by atoms with van der Waals surface area (Å²) in [4.78, 5) is 37.0. The monoisotopic (exact) mass is 518 g/mol. The molecule has 0 aliphatic heterocycles. The minimum Gasteiger partial charge on any atom is -0.462 e. The molecule has 2 N–H and O–H groups in total. The number of anilines is 1. The second kappa shape index (κ2) is 12.1. The SMILES string of the molecule is CCOC(=O)c1ccccc1NC(=O)CSc1ccc2nnc(CCNC(=O)c3ccc(C)cc3)n2n1. The van der Waals surface area contributed by atoms with Gasteiger partial charge >= 0.3 is 5.97 Å². The summed E-state index contributed by atoms with van der Waals surface area (Å²) in [5, 5.41) is 19.1. The molecule has 0 spiro atoms. The molecule has 37 heavy (non-hydrogen) atoms. The summed E-state index contributed by atoms with van der Waals surface area (Å²) in [5.74, 6) is -0.262. The van der Waals surface area contributed by atoms with Crippen LogP contribution in [0.5, 0.6) is 0 Å². The highest BCUT2D eigenvalue weighted by Gasteiger charge is 2.15. The number of carbonyl (C=O) groups is 3. The molecule has 0 atom stereocenters. The van der Waals surface area contributed by atoms with Crippen molar-refractivity contribution in [2.24, 2.45) is 0 Å². The van der Waals surface area contributed by atoms with Crippen molar-refractivity contribution in [2.75, 3.05) is 24.2 Å². The molecule has 4 aromatic rings. The molecule has 0 saturated heterocycles. The van der Waals surface area contributed by atoms with Crippen molar-refractivity contribution >= 4 is 40.9 Å². The van der Waals surface area contributed by atoms with Crippen molar-refractivity contribution < 1.29 is 19.1 Å². The van der Waals surface area contributed by atoms with Crippen LogP contribution in [-0.2, 0) is 16.0 Å². The number of aromatic nitrogens is 4. The van der Waals surface area contributed by atoms with Gasteiger partial charge in [0.05, 0.1) is 23.6 Å². The maximum atomic E-state index is 12.6. The van der Waals surface area contributed by atoms with E-state index in [1.165, 1.54) is 11.8 Å². The molecule has 0 aliphatic carbocycles. The Labute approximate surface area is 217 Å². The van der Waals surface area contributed by atoms with Crippen molar-refractivity contribution in [3.8, 4) is 0 Å². The van der Waals surface area contributed by atoms with Gasteiger partial charge in [0.25, 0.3) is 5.91 Å². The van der Waals surface area contributed by atoms with Gasteiger partial charge in [0, 0.05) is 18.5 Å². The Morgan fingerprint density at radius 1 is 1.00 bits per heavy atom. The first kappa shape index (κ1) is 25.8. The van der Waals surface area contributed by atoms with E-state index >= 15 is 0 Å². The number of hydrogen-bond donors (Lipinski definition) is 2. The first-order valence-corrected chi connectivity index (χ1v) is 12.7. The van der Waals surface area contributed by atoms with Gasteiger partial charge in [0.15, 0.2) is 11.5 Å². The van der Waals surface area contributed by atoms with Gasteiger partial charge in [-0.3, -0.25) is 9.59 Å². The largest absolute Gasteiger partial charge is 0.462 e. The van der Waals surface area contributed by atoms with E-state index in [1.807, 2.05) is 19.1 Å². The number of amides is 2. The topological polar surface area (TPSA) is 128 Å². The van der Waals surface area contributed by atoms with Crippen molar-refractivity contribution in [3.63, 3.8) is 0 Å². The van der Waals surface area contributed by atoms with Crippen LogP contribution < -0.4 is 10.6 Å². The molecule has 0 saturated carbocycles. The summed E-state index contributed by atoms with van der Waals surface area (Å²) in [6, 6.07) is 17.6. The summed E-state index contributed by atoms with van der Waals surface area (Å²) >= 11 is 1.24. The molecule has 11 heteroatoms. The Balaban J connectivity index is 1.34. The Morgan fingerprint density at radius 2 is 1.78 bits per heavy atom. The maximum absolute atomic E-state index is 12.6. The summed E-state index contributed by atoms with van der Waals surface area (Å²) < 4.78 is 6.65. The molecule has 2 heterocycles. The van der Waals surface area contributed by atoms with E-state index in [2.05, 4.69) is 25.9 Å². The van der Waals surface area contributed by atoms with E-state index in [9.17, 15) is 14.4 Å². The Kier molecular flexibility index (Phi) is 8.47. The minimum atomic E-state index is -0.492. The summed E-state index contributed by atoms with van der Waals surface area (Å²) in [6.45, 7) is 4.31. The second-order valence-electron chi connectivity index (χ2n) is 8.03. The molecule has 0 aliphatic rings. The van der Waals surface area contributed by atoms with Gasteiger partial charge in [-0.2, -0.15) is 9.61 Å². The van der Waals surface area contributed by atoms with Crippen LogP contribution in [0.2, 0.25) is 0 Å². The van der Waals surface area contributed by atoms with Crippen molar-refractivity contribution in [1.82, 2.24) is 25.1 Å². The van der Waals surface area contributed by atoms with Gasteiger partial charge in [-0.25, -0.2) is 4.79 Å². The van der Waals surface area contributed by atoms with Crippen LogP contribution in [0.3, 0.4) is 0 Å². The van der Waals surface area contributed by atoms with Crippen LogP contribution in [0, 0.1) is 6.92 Å². The standard InChI is InChI=1S/C26H26N6O4S/c1-3-36-26(35)19-6-4-5-7-20(19)28-23(33)16-37-24-13-12-21-29-30-22(32(21)31-24)14-15-27-25(34)18-10-8-17(2)9-11-18/h4-13H,3,14-16H2,1-2H3,(H,27,34)(H,28,33). The number of hydrogen-bond acceptors (Lipinski definition) is 8. The number of ether oxygens (including phenoxy) is 1. The molecule has 10 nitrogen and oxygen atoms in total. The number of nitrogens with zero attached hydrogens (tertiary/aromatic N) is 4. The highest BCUT2D eigenvalue weighted by Crippen LogP contribution is 2.19. The first-order valence-electron chi connectivity index (χ1n) is 11.7. The summed E-state index contributed by atoms with van der Waals surface area (Å²) in [6.07, 6.45) is 0.436. The van der Waals surface area contributed by atoms with Crippen LogP contribution >= 0.6 is 11.8 Å². The van der Waals surface area contributed by atoms with Crippen LogP contribution in [-0.4, -0.2) is 56.5 Å². The lowest BCUT2D eigenvalue weighted by Crippen LogP contribution is -2.26. The molecule has 2 aromatic carbocycles. The third-order valence-electron chi connectivity index (χ3n) is 5.30. The quantitative estimate of drug-likeness (QED) is 0.242. The Bertz CT molecular complexity index is 1420. The van der Waals surface area contributed by atoms with E-state index in [0.717, 1.165) is 5.56 Å². The number of benzene rings is 2. The average Bonchev–Trinajstić information content (AvgIpc) is 3.30. The highest BCUT2D eigenvalue weighted by molar-refractivity contribution is 7.99. The number of fused-ring (bicyclic) bond motifs is 1. The molecule has 0 radical (unpaired) electrons. The van der Waals surface area contributed by atoms with E-state index in [1.54, 1.807) is 60.0 Å². The van der Waals surface area contributed by atoms with Gasteiger partial charge in [0.2, 0.25) is 5.91 Å². The zero-order valence-corrected chi connectivity index (χ0v) is 21.2. The number of aryl methyl sites for hydroxylation is 1. The third-order valence-corrected chi connectivity index (χ3v) is 6.22. The lowest BCUT2D eigenvalue weighted by atomic mass is 10.1. The highest BCUT2D eigenvalue weighted by atomic mass is 32.2. The lowest BCUT2D eigenvalue weighted by molar-refractivity contribution is -0.113. The average molecular weight is 519 g/mol. The molecule has 0 bridgehead atoms. The molecule has 190 valence electrons. The normalized spacial score (nSPS) is 10.8. The molecule has 0 unspecified atom stereocenters. The molecule has 4 rings (SSSR count). The number of esters is 1. The molecular formula is C26H26N6O4S. The fraction of sp³-hybridized carbons (Fsp3) is 0.231. The van der Waals surface area contributed by atoms with Gasteiger partial charge in [-0.05, 0) is 50.2 Å². The minimum absolute atomic E-state index is 0.0831. The van der Waals surface area contributed by atoms with Gasteiger partial charge in [-0.15, -0.1) is 10.2 Å². The number of para-hydroxylation sites is 1. The maximum Gasteiger partial charge on any atom is 0.340 e.